The third-order valence-electron chi connectivity index (χ3n) is 2.09. The zero-order valence-corrected chi connectivity index (χ0v) is 9.58. The lowest BCUT2D eigenvalue weighted by molar-refractivity contribution is 0.751. The zero-order valence-electron chi connectivity index (χ0n) is 8.77. The monoisotopic (exact) mass is 212 g/mol. The molecule has 1 rings (SSSR count). The molecular weight excluding hydrogens is 196 g/mol. The van der Waals surface area contributed by atoms with Crippen molar-refractivity contribution in [1.29, 1.82) is 0 Å². The number of rotatable bonds is 4. The molecule has 0 aliphatic carbocycles. The van der Waals surface area contributed by atoms with Crippen LogP contribution in [0.2, 0.25) is 0 Å². The predicted molar refractivity (Wildman–Crippen MR) is 62.7 cm³/mol. The number of anilines is 2. The summed E-state index contributed by atoms with van der Waals surface area (Å²) in [4.78, 5) is 10.3. The number of hydrogen-bond acceptors (Lipinski definition) is 5. The van der Waals surface area contributed by atoms with Gasteiger partial charge >= 0.3 is 0 Å². The highest BCUT2D eigenvalue weighted by atomic mass is 32.2. The van der Waals surface area contributed by atoms with Gasteiger partial charge in [0.15, 0.2) is 0 Å². The third-order valence-corrected chi connectivity index (χ3v) is 2.90. The van der Waals surface area contributed by atoms with Gasteiger partial charge in [0.1, 0.15) is 11.6 Å². The van der Waals surface area contributed by atoms with Crippen molar-refractivity contribution < 1.29 is 0 Å². The number of nitrogens with zero attached hydrogens (tertiary/aromatic N) is 3. The normalized spacial score (nSPS) is 12.5. The summed E-state index contributed by atoms with van der Waals surface area (Å²) < 4.78 is 0. The van der Waals surface area contributed by atoms with E-state index in [1.807, 2.05) is 18.8 Å². The lowest BCUT2D eigenvalue weighted by Gasteiger charge is -2.24. The van der Waals surface area contributed by atoms with Crippen LogP contribution in [0.5, 0.6) is 0 Å². The smallest absolute Gasteiger partial charge is 0.147 e. The van der Waals surface area contributed by atoms with Crippen LogP contribution in [0.15, 0.2) is 12.4 Å². The fraction of sp³-hybridized carbons (Fsp3) is 0.556. The average Bonchev–Trinajstić information content (AvgIpc) is 2.18. The first kappa shape index (κ1) is 11.1. The van der Waals surface area contributed by atoms with Gasteiger partial charge in [0, 0.05) is 18.8 Å². The highest BCUT2D eigenvalue weighted by Gasteiger charge is 2.10. The minimum Gasteiger partial charge on any atom is -0.382 e. The summed E-state index contributed by atoms with van der Waals surface area (Å²) in [5.74, 6) is 2.39. The first-order chi connectivity index (χ1) is 6.65. The fourth-order valence-corrected chi connectivity index (χ4v) is 1.80. The summed E-state index contributed by atoms with van der Waals surface area (Å²) in [6.45, 7) is 2.16. The molecule has 0 aliphatic rings. The van der Waals surface area contributed by atoms with Gasteiger partial charge in [0.05, 0.1) is 12.4 Å². The van der Waals surface area contributed by atoms with Crippen LogP contribution in [0.1, 0.15) is 6.92 Å². The molecule has 1 aromatic heterocycles. The molecule has 2 N–H and O–H groups in total. The number of nitrogen functional groups attached to an aromatic ring is 1. The lowest BCUT2D eigenvalue weighted by Crippen LogP contribution is -2.31. The molecule has 0 saturated heterocycles. The molecule has 0 radical (unpaired) electrons. The molecule has 0 amide bonds. The summed E-state index contributed by atoms with van der Waals surface area (Å²) in [7, 11) is 2.01. The Kier molecular flexibility index (Phi) is 4.00. The van der Waals surface area contributed by atoms with Crippen LogP contribution in [-0.4, -0.2) is 35.1 Å². The number of aromatic nitrogens is 2. The molecule has 0 saturated carbocycles. The molecule has 1 atom stereocenters. The van der Waals surface area contributed by atoms with Gasteiger partial charge in [-0.2, -0.15) is 11.8 Å². The molecule has 5 heteroatoms. The molecule has 0 spiro atoms. The second kappa shape index (κ2) is 5.05. The molecule has 1 heterocycles. The van der Waals surface area contributed by atoms with Crippen LogP contribution in [0.3, 0.4) is 0 Å². The van der Waals surface area contributed by atoms with E-state index >= 15 is 0 Å². The maximum absolute atomic E-state index is 5.47. The summed E-state index contributed by atoms with van der Waals surface area (Å²) >= 11 is 1.82. The Morgan fingerprint density at radius 2 is 2.21 bits per heavy atom. The van der Waals surface area contributed by atoms with E-state index in [9.17, 15) is 0 Å². The molecule has 0 fully saturated rings. The standard InChI is InChI=1S/C9H16N4S/c1-7(6-14-3)13(2)9-5-11-8(10)4-12-9/h4-5,7H,6H2,1-3H3,(H2,10,11). The Hall–Kier alpha value is -0.970. The Morgan fingerprint density at radius 3 is 2.71 bits per heavy atom. The van der Waals surface area contributed by atoms with Gasteiger partial charge in [-0.15, -0.1) is 0 Å². The predicted octanol–water partition coefficient (Wildman–Crippen LogP) is 1.25. The van der Waals surface area contributed by atoms with E-state index < -0.39 is 0 Å². The molecular formula is C9H16N4S. The number of nitrogens with two attached hydrogens (primary N) is 1. The van der Waals surface area contributed by atoms with E-state index in [2.05, 4.69) is 28.0 Å². The van der Waals surface area contributed by atoms with E-state index in [0.717, 1.165) is 11.6 Å². The zero-order chi connectivity index (χ0) is 10.6. The minimum atomic E-state index is 0.447. The van der Waals surface area contributed by atoms with Crippen LogP contribution in [0, 0.1) is 0 Å². The van der Waals surface area contributed by atoms with Gasteiger partial charge in [0.2, 0.25) is 0 Å². The maximum Gasteiger partial charge on any atom is 0.147 e. The molecule has 0 aromatic carbocycles. The van der Waals surface area contributed by atoms with Crippen molar-refractivity contribution in [1.82, 2.24) is 9.97 Å². The largest absolute Gasteiger partial charge is 0.382 e. The van der Waals surface area contributed by atoms with Gasteiger partial charge in [-0.1, -0.05) is 0 Å². The van der Waals surface area contributed by atoms with Crippen LogP contribution in [0.4, 0.5) is 11.6 Å². The van der Waals surface area contributed by atoms with E-state index in [1.165, 1.54) is 0 Å². The fourth-order valence-electron chi connectivity index (χ4n) is 1.09. The van der Waals surface area contributed by atoms with Gasteiger partial charge in [0.25, 0.3) is 0 Å². The maximum atomic E-state index is 5.47. The molecule has 1 unspecified atom stereocenters. The topological polar surface area (TPSA) is 55.0 Å². The van der Waals surface area contributed by atoms with E-state index in [1.54, 1.807) is 12.4 Å². The average molecular weight is 212 g/mol. The van der Waals surface area contributed by atoms with Crippen molar-refractivity contribution in [2.45, 2.75) is 13.0 Å². The molecule has 14 heavy (non-hydrogen) atoms. The van der Waals surface area contributed by atoms with Gasteiger partial charge in [-0.3, -0.25) is 0 Å². The van der Waals surface area contributed by atoms with Crippen molar-refractivity contribution in [2.75, 3.05) is 29.7 Å². The molecule has 4 nitrogen and oxygen atoms in total. The second-order valence-electron chi connectivity index (χ2n) is 3.21. The van der Waals surface area contributed by atoms with Crippen molar-refractivity contribution in [2.24, 2.45) is 0 Å². The van der Waals surface area contributed by atoms with Crippen LogP contribution < -0.4 is 10.6 Å². The summed E-state index contributed by atoms with van der Waals surface area (Å²) in [5.41, 5.74) is 5.47. The number of hydrogen-bond donors (Lipinski definition) is 1. The summed E-state index contributed by atoms with van der Waals surface area (Å²) in [6.07, 6.45) is 5.38. The highest BCUT2D eigenvalue weighted by Crippen LogP contribution is 2.13. The van der Waals surface area contributed by atoms with Crippen molar-refractivity contribution >= 4 is 23.4 Å². The first-order valence-electron chi connectivity index (χ1n) is 4.44. The van der Waals surface area contributed by atoms with Crippen LogP contribution in [0.25, 0.3) is 0 Å². The first-order valence-corrected chi connectivity index (χ1v) is 5.84. The molecule has 0 bridgehead atoms. The third kappa shape index (κ3) is 2.77. The van der Waals surface area contributed by atoms with Gasteiger partial charge < -0.3 is 10.6 Å². The van der Waals surface area contributed by atoms with E-state index in [-0.39, 0.29) is 0 Å². The van der Waals surface area contributed by atoms with Crippen molar-refractivity contribution in [3.8, 4) is 0 Å². The molecule has 78 valence electrons. The SMILES string of the molecule is CSCC(C)N(C)c1cnc(N)cn1. The van der Waals surface area contributed by atoms with E-state index in [4.69, 9.17) is 5.73 Å². The lowest BCUT2D eigenvalue weighted by atomic mass is 10.3. The quantitative estimate of drug-likeness (QED) is 0.814. The summed E-state index contributed by atoms with van der Waals surface area (Å²) in [5, 5.41) is 0. The second-order valence-corrected chi connectivity index (χ2v) is 4.13. The Morgan fingerprint density at radius 1 is 1.50 bits per heavy atom. The van der Waals surface area contributed by atoms with E-state index in [0.29, 0.717) is 11.9 Å². The van der Waals surface area contributed by atoms with Crippen LogP contribution in [-0.2, 0) is 0 Å². The summed E-state index contributed by atoms with van der Waals surface area (Å²) in [6, 6.07) is 0.447. The Bertz CT molecular complexity index is 275. The van der Waals surface area contributed by atoms with Crippen LogP contribution >= 0.6 is 11.8 Å². The van der Waals surface area contributed by atoms with Gasteiger partial charge in [-0.05, 0) is 13.2 Å². The number of thioether (sulfide) groups is 1. The van der Waals surface area contributed by atoms with Crippen molar-refractivity contribution in [3.05, 3.63) is 12.4 Å². The van der Waals surface area contributed by atoms with Gasteiger partial charge in [-0.25, -0.2) is 9.97 Å². The minimum absolute atomic E-state index is 0.447. The Balaban J connectivity index is 2.68. The Labute approximate surface area is 88.9 Å². The van der Waals surface area contributed by atoms with Crippen molar-refractivity contribution in [3.63, 3.8) is 0 Å². The molecule has 1 aromatic rings. The highest BCUT2D eigenvalue weighted by molar-refractivity contribution is 7.98. The molecule has 0 aliphatic heterocycles.